The minimum Gasteiger partial charge on any atom is -0.392 e. The molecular formula is C6H13F2NO2. The Morgan fingerprint density at radius 2 is 2.09 bits per heavy atom. The molecule has 3 N–H and O–H groups in total. The Labute approximate surface area is 64.0 Å². The van der Waals surface area contributed by atoms with Gasteiger partial charge in [-0.15, -0.1) is 0 Å². The summed E-state index contributed by atoms with van der Waals surface area (Å²) in [5.74, 6) is -3.09. The molecule has 0 bridgehead atoms. The van der Waals surface area contributed by atoms with Crippen molar-refractivity contribution in [3.8, 4) is 0 Å². The molecule has 1 atom stereocenters. The summed E-state index contributed by atoms with van der Waals surface area (Å²) in [5, 5.41) is 19.1. The Morgan fingerprint density at radius 3 is 2.45 bits per heavy atom. The highest BCUT2D eigenvalue weighted by molar-refractivity contribution is 4.68. The molecule has 11 heavy (non-hydrogen) atoms. The van der Waals surface area contributed by atoms with Crippen molar-refractivity contribution in [1.82, 2.24) is 5.32 Å². The summed E-state index contributed by atoms with van der Waals surface area (Å²) < 4.78 is 24.4. The molecule has 0 saturated carbocycles. The van der Waals surface area contributed by atoms with Crippen molar-refractivity contribution in [3.05, 3.63) is 0 Å². The zero-order valence-corrected chi connectivity index (χ0v) is 6.35. The molecule has 0 aliphatic heterocycles. The van der Waals surface area contributed by atoms with Crippen LogP contribution >= 0.6 is 0 Å². The average molecular weight is 169 g/mol. The van der Waals surface area contributed by atoms with Crippen molar-refractivity contribution in [2.24, 2.45) is 0 Å². The number of nitrogens with one attached hydrogen (secondary N) is 1. The maximum atomic E-state index is 12.2. The monoisotopic (exact) mass is 169 g/mol. The van der Waals surface area contributed by atoms with Gasteiger partial charge in [0, 0.05) is 6.54 Å². The van der Waals surface area contributed by atoms with E-state index in [-0.39, 0.29) is 6.54 Å². The van der Waals surface area contributed by atoms with E-state index in [9.17, 15) is 8.78 Å². The van der Waals surface area contributed by atoms with Crippen molar-refractivity contribution in [3.63, 3.8) is 0 Å². The van der Waals surface area contributed by atoms with Crippen molar-refractivity contribution in [1.29, 1.82) is 0 Å². The van der Waals surface area contributed by atoms with Gasteiger partial charge < -0.3 is 15.5 Å². The van der Waals surface area contributed by atoms with Gasteiger partial charge in [-0.05, 0) is 6.92 Å². The van der Waals surface area contributed by atoms with E-state index >= 15 is 0 Å². The third-order valence-electron chi connectivity index (χ3n) is 1.05. The zero-order chi connectivity index (χ0) is 8.91. The molecule has 68 valence electrons. The smallest absolute Gasteiger partial charge is 0.282 e. The lowest BCUT2D eigenvalue weighted by Crippen LogP contribution is -2.38. The standard InChI is InChI=1S/C6H13F2NO2/c1-5(11)2-9-3-6(7,8)4-10/h5,9-11H,2-4H2,1H3/t5-/m0/s1. The molecule has 0 unspecified atom stereocenters. The van der Waals surface area contributed by atoms with Gasteiger partial charge in [0.25, 0.3) is 5.92 Å². The van der Waals surface area contributed by atoms with Crippen LogP contribution in [0.4, 0.5) is 8.78 Å². The quantitative estimate of drug-likeness (QED) is 0.524. The van der Waals surface area contributed by atoms with Crippen LogP contribution in [0.3, 0.4) is 0 Å². The van der Waals surface area contributed by atoms with E-state index in [0.717, 1.165) is 0 Å². The molecule has 3 nitrogen and oxygen atoms in total. The second-order valence-electron chi connectivity index (χ2n) is 2.49. The molecular weight excluding hydrogens is 156 g/mol. The minimum absolute atomic E-state index is 0.107. The normalized spacial score (nSPS) is 15.0. The predicted molar refractivity (Wildman–Crippen MR) is 36.6 cm³/mol. The molecule has 5 heteroatoms. The first kappa shape index (κ1) is 10.7. The molecule has 0 fully saturated rings. The van der Waals surface area contributed by atoms with Gasteiger partial charge in [0.05, 0.1) is 12.6 Å². The number of hydrogen-bond donors (Lipinski definition) is 3. The van der Waals surface area contributed by atoms with Crippen LogP contribution in [-0.2, 0) is 0 Å². The van der Waals surface area contributed by atoms with Gasteiger partial charge >= 0.3 is 0 Å². The summed E-state index contributed by atoms with van der Waals surface area (Å²) in [4.78, 5) is 0. The van der Waals surface area contributed by atoms with E-state index in [1.807, 2.05) is 0 Å². The van der Waals surface area contributed by atoms with Crippen LogP contribution in [-0.4, -0.2) is 41.9 Å². The highest BCUT2D eigenvalue weighted by atomic mass is 19.3. The van der Waals surface area contributed by atoms with Gasteiger partial charge in [0.2, 0.25) is 0 Å². The highest BCUT2D eigenvalue weighted by Gasteiger charge is 2.26. The maximum absolute atomic E-state index is 12.2. The summed E-state index contributed by atoms with van der Waals surface area (Å²) in [6.07, 6.45) is -0.649. The first-order chi connectivity index (χ1) is 4.98. The van der Waals surface area contributed by atoms with Gasteiger partial charge in [-0.25, -0.2) is 8.78 Å². The van der Waals surface area contributed by atoms with Crippen LogP contribution < -0.4 is 5.32 Å². The molecule has 0 spiro atoms. The van der Waals surface area contributed by atoms with Crippen LogP contribution in [0.25, 0.3) is 0 Å². The number of rotatable bonds is 5. The first-order valence-electron chi connectivity index (χ1n) is 3.35. The van der Waals surface area contributed by atoms with E-state index in [2.05, 4.69) is 5.32 Å². The largest absolute Gasteiger partial charge is 0.392 e. The molecule has 0 rings (SSSR count). The van der Waals surface area contributed by atoms with Gasteiger partial charge in [-0.3, -0.25) is 0 Å². The zero-order valence-electron chi connectivity index (χ0n) is 6.35. The van der Waals surface area contributed by atoms with Crippen LogP contribution in [0, 0.1) is 0 Å². The molecule has 0 aromatic rings. The van der Waals surface area contributed by atoms with Crippen LogP contribution in [0.5, 0.6) is 0 Å². The summed E-state index contributed by atoms with van der Waals surface area (Å²) in [7, 11) is 0. The van der Waals surface area contributed by atoms with Gasteiger partial charge in [0.1, 0.15) is 6.61 Å². The predicted octanol–water partition coefficient (Wildman–Crippen LogP) is -0.416. The van der Waals surface area contributed by atoms with Gasteiger partial charge in [-0.2, -0.15) is 0 Å². The highest BCUT2D eigenvalue weighted by Crippen LogP contribution is 2.09. The Kier molecular flexibility index (Phi) is 4.48. The summed E-state index contributed by atoms with van der Waals surface area (Å²) in [6.45, 7) is -0.173. The summed E-state index contributed by atoms with van der Waals surface area (Å²) >= 11 is 0. The Morgan fingerprint density at radius 1 is 1.55 bits per heavy atom. The number of alkyl halides is 2. The van der Waals surface area contributed by atoms with Gasteiger partial charge in [0.15, 0.2) is 0 Å². The SMILES string of the molecule is C[C@H](O)CNCC(F)(F)CO. The second-order valence-corrected chi connectivity index (χ2v) is 2.49. The van der Waals surface area contributed by atoms with Crippen LogP contribution in [0.2, 0.25) is 0 Å². The lowest BCUT2D eigenvalue weighted by atomic mass is 10.3. The number of halogens is 2. The Balaban J connectivity index is 3.38. The molecule has 0 saturated heterocycles. The maximum Gasteiger partial charge on any atom is 0.282 e. The van der Waals surface area contributed by atoms with E-state index in [0.29, 0.717) is 0 Å². The number of aliphatic hydroxyl groups is 2. The molecule has 0 aromatic heterocycles. The third-order valence-corrected chi connectivity index (χ3v) is 1.05. The Bertz CT molecular complexity index is 109. The topological polar surface area (TPSA) is 52.5 Å². The average Bonchev–Trinajstić information content (AvgIpc) is 1.87. The number of hydrogen-bond acceptors (Lipinski definition) is 3. The van der Waals surface area contributed by atoms with E-state index in [1.54, 1.807) is 0 Å². The molecule has 0 aliphatic carbocycles. The molecule has 0 heterocycles. The lowest BCUT2D eigenvalue weighted by molar-refractivity contribution is -0.0486. The molecule has 0 radical (unpaired) electrons. The molecule has 0 aromatic carbocycles. The summed E-state index contributed by atoms with van der Waals surface area (Å²) in [6, 6.07) is 0. The molecule has 0 aliphatic rings. The van der Waals surface area contributed by atoms with E-state index < -0.39 is 25.2 Å². The van der Waals surface area contributed by atoms with Crippen LogP contribution in [0.15, 0.2) is 0 Å². The second kappa shape index (κ2) is 4.58. The van der Waals surface area contributed by atoms with Crippen molar-refractivity contribution in [2.75, 3.05) is 19.7 Å². The molecule has 0 amide bonds. The number of aliphatic hydroxyl groups excluding tert-OH is 2. The van der Waals surface area contributed by atoms with Crippen LogP contribution in [0.1, 0.15) is 6.92 Å². The third kappa shape index (κ3) is 6.15. The summed E-state index contributed by atoms with van der Waals surface area (Å²) in [5.41, 5.74) is 0. The first-order valence-corrected chi connectivity index (χ1v) is 3.35. The Hall–Kier alpha value is -0.260. The fourth-order valence-electron chi connectivity index (χ4n) is 0.520. The minimum atomic E-state index is -3.09. The van der Waals surface area contributed by atoms with Gasteiger partial charge in [-0.1, -0.05) is 0 Å². The fourth-order valence-corrected chi connectivity index (χ4v) is 0.520. The lowest BCUT2D eigenvalue weighted by Gasteiger charge is -2.14. The van der Waals surface area contributed by atoms with E-state index in [4.69, 9.17) is 10.2 Å². The van der Waals surface area contributed by atoms with Crippen molar-refractivity contribution < 1.29 is 19.0 Å². The fraction of sp³-hybridized carbons (Fsp3) is 1.00. The van der Waals surface area contributed by atoms with E-state index in [1.165, 1.54) is 6.92 Å². The van der Waals surface area contributed by atoms with Crippen molar-refractivity contribution >= 4 is 0 Å². The van der Waals surface area contributed by atoms with Crippen molar-refractivity contribution in [2.45, 2.75) is 19.0 Å².